The monoisotopic (exact) mass is 458 g/mol. The Bertz CT molecular complexity index is 1470. The number of aryl methyl sites for hydroxylation is 2. The van der Waals surface area contributed by atoms with Crippen LogP contribution in [-0.4, -0.2) is 20.3 Å². The first kappa shape index (κ1) is 22.8. The van der Waals surface area contributed by atoms with E-state index in [2.05, 4.69) is 10.4 Å². The van der Waals surface area contributed by atoms with Gasteiger partial charge in [0, 0.05) is 6.54 Å². The maximum absolute atomic E-state index is 13.3. The van der Waals surface area contributed by atoms with Gasteiger partial charge in [-0.15, -0.1) is 0 Å². The average Bonchev–Trinajstić information content (AvgIpc) is 2.82. The minimum atomic E-state index is -0.784. The average molecular weight is 458 g/mol. The summed E-state index contributed by atoms with van der Waals surface area (Å²) in [5.41, 5.74) is 1.85. The third-order valence-corrected chi connectivity index (χ3v) is 5.48. The molecule has 0 aliphatic carbocycles. The van der Waals surface area contributed by atoms with E-state index in [-0.39, 0.29) is 18.9 Å². The standard InChI is InChI=1S/C26H23FN4O3/c1-17-6-5-9-22(14-17)31-26(34)30(16-20-8-4-3-7-18(20)2)25(33)23(29-31)24(32)28-15-19-10-12-21(27)13-11-19/h3-14H,15-16H2,1-2H3,(H,28,32). The van der Waals surface area contributed by atoms with Gasteiger partial charge in [0.15, 0.2) is 0 Å². The molecule has 0 spiro atoms. The maximum Gasteiger partial charge on any atom is 0.352 e. The molecule has 1 heterocycles. The van der Waals surface area contributed by atoms with Crippen molar-refractivity contribution >= 4 is 5.91 Å². The van der Waals surface area contributed by atoms with Crippen molar-refractivity contribution < 1.29 is 9.18 Å². The topological polar surface area (TPSA) is 86.0 Å². The number of benzene rings is 3. The van der Waals surface area contributed by atoms with Crippen LogP contribution in [0.1, 0.15) is 32.7 Å². The van der Waals surface area contributed by atoms with E-state index in [9.17, 15) is 18.8 Å². The summed E-state index contributed by atoms with van der Waals surface area (Å²) in [6.07, 6.45) is 0. The lowest BCUT2D eigenvalue weighted by Crippen LogP contribution is -2.46. The van der Waals surface area contributed by atoms with Crippen molar-refractivity contribution in [3.05, 3.63) is 127 Å². The van der Waals surface area contributed by atoms with Gasteiger partial charge in [0.25, 0.3) is 11.5 Å². The lowest BCUT2D eigenvalue weighted by molar-refractivity contribution is 0.0941. The summed E-state index contributed by atoms with van der Waals surface area (Å²) in [7, 11) is 0. The van der Waals surface area contributed by atoms with Crippen LogP contribution in [0.5, 0.6) is 0 Å². The number of amides is 1. The highest BCUT2D eigenvalue weighted by atomic mass is 19.1. The van der Waals surface area contributed by atoms with Crippen molar-refractivity contribution in [1.29, 1.82) is 0 Å². The van der Waals surface area contributed by atoms with Gasteiger partial charge in [0.05, 0.1) is 12.2 Å². The minimum Gasteiger partial charge on any atom is -0.346 e. The maximum atomic E-state index is 13.3. The van der Waals surface area contributed by atoms with E-state index in [4.69, 9.17) is 0 Å². The Morgan fingerprint density at radius 2 is 1.71 bits per heavy atom. The second-order valence-electron chi connectivity index (χ2n) is 8.01. The smallest absolute Gasteiger partial charge is 0.346 e. The van der Waals surface area contributed by atoms with E-state index >= 15 is 0 Å². The van der Waals surface area contributed by atoms with Gasteiger partial charge in [0.1, 0.15) is 5.82 Å². The van der Waals surface area contributed by atoms with E-state index in [0.29, 0.717) is 11.3 Å². The molecule has 0 saturated carbocycles. The Labute approximate surface area is 195 Å². The summed E-state index contributed by atoms with van der Waals surface area (Å²) in [6.45, 7) is 3.82. The minimum absolute atomic E-state index is 0.00306. The van der Waals surface area contributed by atoms with Gasteiger partial charge in [-0.3, -0.25) is 14.2 Å². The quantitative estimate of drug-likeness (QED) is 0.481. The molecule has 0 saturated heterocycles. The largest absolute Gasteiger partial charge is 0.352 e. The summed E-state index contributed by atoms with van der Waals surface area (Å²) < 4.78 is 15.2. The summed E-state index contributed by atoms with van der Waals surface area (Å²) in [5, 5.41) is 6.77. The van der Waals surface area contributed by atoms with Crippen LogP contribution in [0.3, 0.4) is 0 Å². The lowest BCUT2D eigenvalue weighted by atomic mass is 10.1. The summed E-state index contributed by atoms with van der Waals surface area (Å²) in [6, 6.07) is 20.1. The van der Waals surface area contributed by atoms with Crippen LogP contribution in [0.2, 0.25) is 0 Å². The molecule has 7 nitrogen and oxygen atoms in total. The third-order valence-electron chi connectivity index (χ3n) is 5.48. The van der Waals surface area contributed by atoms with Gasteiger partial charge in [-0.25, -0.2) is 9.18 Å². The van der Waals surface area contributed by atoms with Crippen LogP contribution >= 0.6 is 0 Å². The van der Waals surface area contributed by atoms with Crippen LogP contribution in [0.4, 0.5) is 4.39 Å². The molecule has 0 aliphatic rings. The molecule has 0 fully saturated rings. The number of rotatable bonds is 6. The summed E-state index contributed by atoms with van der Waals surface area (Å²) >= 11 is 0. The number of hydrogen-bond acceptors (Lipinski definition) is 4. The number of hydrogen-bond donors (Lipinski definition) is 1. The van der Waals surface area contributed by atoms with Gasteiger partial charge in [-0.05, 0) is 60.4 Å². The molecule has 1 N–H and O–H groups in total. The Balaban J connectivity index is 1.78. The number of nitrogens with zero attached hydrogens (tertiary/aromatic N) is 3. The van der Waals surface area contributed by atoms with Crippen LogP contribution in [0.25, 0.3) is 5.69 Å². The zero-order valence-electron chi connectivity index (χ0n) is 18.8. The van der Waals surface area contributed by atoms with E-state index in [0.717, 1.165) is 25.9 Å². The van der Waals surface area contributed by atoms with Crippen molar-refractivity contribution in [2.45, 2.75) is 26.9 Å². The highest BCUT2D eigenvalue weighted by Gasteiger charge is 2.21. The number of carbonyl (C=O) groups is 1. The van der Waals surface area contributed by atoms with Crippen molar-refractivity contribution in [3.8, 4) is 5.69 Å². The number of carbonyl (C=O) groups excluding carboxylic acids is 1. The van der Waals surface area contributed by atoms with Gasteiger partial charge in [-0.1, -0.05) is 48.5 Å². The zero-order valence-corrected chi connectivity index (χ0v) is 18.8. The molecule has 1 amide bonds. The Kier molecular flexibility index (Phi) is 6.49. The third kappa shape index (κ3) is 4.85. The predicted octanol–water partition coefficient (Wildman–Crippen LogP) is 3.13. The fourth-order valence-electron chi connectivity index (χ4n) is 3.55. The number of halogens is 1. The fraction of sp³-hybridized carbons (Fsp3) is 0.154. The van der Waals surface area contributed by atoms with Gasteiger partial charge in [-0.2, -0.15) is 9.78 Å². The lowest BCUT2D eigenvalue weighted by Gasteiger charge is -2.13. The molecule has 0 aliphatic heterocycles. The van der Waals surface area contributed by atoms with Crippen LogP contribution in [-0.2, 0) is 13.1 Å². The normalized spacial score (nSPS) is 10.8. The van der Waals surface area contributed by atoms with Gasteiger partial charge < -0.3 is 5.32 Å². The first-order valence-corrected chi connectivity index (χ1v) is 10.7. The van der Waals surface area contributed by atoms with E-state index in [1.807, 2.05) is 44.2 Å². The van der Waals surface area contributed by atoms with E-state index in [1.165, 1.54) is 24.3 Å². The fourth-order valence-corrected chi connectivity index (χ4v) is 3.55. The number of aromatic nitrogens is 3. The molecule has 4 rings (SSSR count). The van der Waals surface area contributed by atoms with Crippen LogP contribution < -0.4 is 16.6 Å². The predicted molar refractivity (Wildman–Crippen MR) is 127 cm³/mol. The Morgan fingerprint density at radius 1 is 0.971 bits per heavy atom. The molecule has 172 valence electrons. The molecular weight excluding hydrogens is 435 g/mol. The van der Waals surface area contributed by atoms with Crippen molar-refractivity contribution in [2.75, 3.05) is 0 Å². The molecule has 34 heavy (non-hydrogen) atoms. The molecule has 3 aromatic carbocycles. The first-order chi connectivity index (χ1) is 16.3. The van der Waals surface area contributed by atoms with Crippen molar-refractivity contribution in [2.24, 2.45) is 0 Å². The molecule has 0 atom stereocenters. The molecule has 1 aromatic heterocycles. The molecule has 0 bridgehead atoms. The second-order valence-corrected chi connectivity index (χ2v) is 8.01. The highest BCUT2D eigenvalue weighted by molar-refractivity contribution is 5.91. The molecule has 0 unspecified atom stereocenters. The van der Waals surface area contributed by atoms with Crippen molar-refractivity contribution in [1.82, 2.24) is 19.7 Å². The Morgan fingerprint density at radius 3 is 2.41 bits per heavy atom. The van der Waals surface area contributed by atoms with Gasteiger partial charge >= 0.3 is 5.69 Å². The zero-order chi connectivity index (χ0) is 24.2. The Hall–Kier alpha value is -4.33. The SMILES string of the molecule is Cc1cccc(-n2nc(C(=O)NCc3ccc(F)cc3)c(=O)n(Cc3ccccc3C)c2=O)c1. The highest BCUT2D eigenvalue weighted by Crippen LogP contribution is 2.09. The molecule has 8 heteroatoms. The second kappa shape index (κ2) is 9.66. The molecule has 0 radical (unpaired) electrons. The molecule has 4 aromatic rings. The first-order valence-electron chi connectivity index (χ1n) is 10.7. The summed E-state index contributed by atoms with van der Waals surface area (Å²) in [4.78, 5) is 39.5. The van der Waals surface area contributed by atoms with Crippen LogP contribution in [0.15, 0.2) is 82.4 Å². The van der Waals surface area contributed by atoms with Crippen molar-refractivity contribution in [3.63, 3.8) is 0 Å². The van der Waals surface area contributed by atoms with Crippen LogP contribution in [0, 0.1) is 19.7 Å². The van der Waals surface area contributed by atoms with Gasteiger partial charge in [0.2, 0.25) is 5.69 Å². The van der Waals surface area contributed by atoms with E-state index < -0.39 is 22.9 Å². The van der Waals surface area contributed by atoms with E-state index in [1.54, 1.807) is 18.2 Å². The molecular formula is C26H23FN4O3. The number of nitrogens with one attached hydrogen (secondary N) is 1. The summed E-state index contributed by atoms with van der Waals surface area (Å²) in [5.74, 6) is -1.12.